The largest absolute Gasteiger partial charge is 0.338 e. The fourth-order valence-corrected chi connectivity index (χ4v) is 3.74. The molecule has 2 aromatic heterocycles. The molecule has 0 saturated heterocycles. The van der Waals surface area contributed by atoms with E-state index in [2.05, 4.69) is 40.8 Å². The minimum atomic E-state index is 0.0247. The number of anilines is 1. The highest BCUT2D eigenvalue weighted by molar-refractivity contribution is 5.95. The predicted octanol–water partition coefficient (Wildman–Crippen LogP) is 5.44. The topological polar surface area (TPSA) is 62.7 Å². The van der Waals surface area contributed by atoms with E-state index in [1.54, 1.807) is 0 Å². The van der Waals surface area contributed by atoms with E-state index in [-0.39, 0.29) is 5.91 Å². The molecule has 0 unspecified atom stereocenters. The summed E-state index contributed by atoms with van der Waals surface area (Å²) in [5.41, 5.74) is 6.29. The summed E-state index contributed by atoms with van der Waals surface area (Å²) in [5, 5.41) is 3.17. The third kappa shape index (κ3) is 3.68. The number of para-hydroxylation sites is 2. The van der Waals surface area contributed by atoms with Gasteiger partial charge in [-0.05, 0) is 43.5 Å². The van der Waals surface area contributed by atoms with Crippen molar-refractivity contribution in [1.29, 1.82) is 0 Å². The Hall–Kier alpha value is -3.34. The zero-order valence-corrected chi connectivity index (χ0v) is 17.1. The van der Waals surface area contributed by atoms with Gasteiger partial charge in [-0.15, -0.1) is 0 Å². The number of amides is 1. The van der Waals surface area contributed by atoms with E-state index < -0.39 is 0 Å². The Morgan fingerprint density at radius 1 is 1.07 bits per heavy atom. The molecule has 0 radical (unpaired) electrons. The van der Waals surface area contributed by atoms with Crippen LogP contribution in [0.1, 0.15) is 36.6 Å². The Labute approximate surface area is 170 Å². The van der Waals surface area contributed by atoms with Crippen molar-refractivity contribution in [1.82, 2.24) is 14.5 Å². The first-order valence-corrected chi connectivity index (χ1v) is 10.1. The number of nitrogens with zero attached hydrogens (tertiary/aromatic N) is 2. The highest BCUT2D eigenvalue weighted by atomic mass is 16.1. The third-order valence-corrected chi connectivity index (χ3v) is 5.37. The van der Waals surface area contributed by atoms with Crippen molar-refractivity contribution in [2.45, 2.75) is 40.2 Å². The number of imidazole rings is 1. The van der Waals surface area contributed by atoms with Crippen molar-refractivity contribution >= 4 is 22.8 Å². The minimum absolute atomic E-state index is 0.0247. The highest BCUT2D eigenvalue weighted by Gasteiger charge is 2.23. The summed E-state index contributed by atoms with van der Waals surface area (Å²) in [6, 6.07) is 18.3. The number of H-pyrrole nitrogens is 1. The second-order valence-electron chi connectivity index (χ2n) is 7.41. The number of aromatic nitrogens is 3. The molecule has 4 aromatic rings. The molecule has 4 rings (SSSR count). The lowest BCUT2D eigenvalue weighted by molar-refractivity contribution is -0.116. The molecule has 0 fully saturated rings. The van der Waals surface area contributed by atoms with Crippen LogP contribution in [0.3, 0.4) is 0 Å². The zero-order chi connectivity index (χ0) is 20.4. The summed E-state index contributed by atoms with van der Waals surface area (Å²) in [7, 11) is 0. The number of nitrogens with one attached hydrogen (secondary N) is 2. The van der Waals surface area contributed by atoms with Crippen LogP contribution < -0.4 is 5.32 Å². The Bertz CT molecular complexity index is 1120. The third-order valence-electron chi connectivity index (χ3n) is 5.37. The number of aromatic amines is 1. The van der Waals surface area contributed by atoms with Gasteiger partial charge in [-0.1, -0.05) is 49.4 Å². The van der Waals surface area contributed by atoms with Crippen LogP contribution in [0.5, 0.6) is 0 Å². The molecule has 5 nitrogen and oxygen atoms in total. The lowest BCUT2D eigenvalue weighted by Gasteiger charge is -2.14. The van der Waals surface area contributed by atoms with Gasteiger partial charge in [-0.3, -0.25) is 4.79 Å². The van der Waals surface area contributed by atoms with Gasteiger partial charge >= 0.3 is 0 Å². The second kappa shape index (κ2) is 7.95. The maximum Gasteiger partial charge on any atom is 0.225 e. The van der Waals surface area contributed by atoms with Crippen LogP contribution in [0.4, 0.5) is 5.82 Å². The number of fused-ring (bicyclic) bond motifs is 1. The van der Waals surface area contributed by atoms with E-state index in [9.17, 15) is 4.79 Å². The van der Waals surface area contributed by atoms with Crippen molar-refractivity contribution in [3.63, 3.8) is 0 Å². The van der Waals surface area contributed by atoms with Gasteiger partial charge in [0.15, 0.2) is 0 Å². The van der Waals surface area contributed by atoms with E-state index in [4.69, 9.17) is 4.98 Å². The Morgan fingerprint density at radius 3 is 2.52 bits per heavy atom. The first-order valence-electron chi connectivity index (χ1n) is 10.1. The molecule has 0 bridgehead atoms. The summed E-state index contributed by atoms with van der Waals surface area (Å²) in [6.07, 6.45) is 1.30. The standard InChI is InChI=1S/C24H26N4O/c1-4-10-21(29)27-24-22(23-25-19-13-8-9-14-20(19)26-23)16(2)17(3)28(24)15-18-11-6-5-7-12-18/h5-9,11-14H,4,10,15H2,1-3H3,(H,25,26)(H,27,29). The average molecular weight is 386 g/mol. The maximum absolute atomic E-state index is 12.5. The first-order chi connectivity index (χ1) is 14.1. The maximum atomic E-state index is 12.5. The normalized spacial score (nSPS) is 11.1. The molecule has 5 heteroatoms. The van der Waals surface area contributed by atoms with Crippen LogP contribution in [0.25, 0.3) is 22.4 Å². The van der Waals surface area contributed by atoms with Crippen LogP contribution in [0.2, 0.25) is 0 Å². The van der Waals surface area contributed by atoms with Crippen LogP contribution in [-0.2, 0) is 11.3 Å². The van der Waals surface area contributed by atoms with Crippen molar-refractivity contribution in [2.24, 2.45) is 0 Å². The van der Waals surface area contributed by atoms with Crippen molar-refractivity contribution in [3.05, 3.63) is 71.4 Å². The van der Waals surface area contributed by atoms with Crippen LogP contribution >= 0.6 is 0 Å². The molecule has 0 spiro atoms. The van der Waals surface area contributed by atoms with Crippen LogP contribution in [0.15, 0.2) is 54.6 Å². The summed E-state index contributed by atoms with van der Waals surface area (Å²) >= 11 is 0. The Morgan fingerprint density at radius 2 is 1.79 bits per heavy atom. The molecule has 148 valence electrons. The van der Waals surface area contributed by atoms with Gasteiger partial charge in [0.25, 0.3) is 0 Å². The monoisotopic (exact) mass is 386 g/mol. The number of rotatable bonds is 6. The fraction of sp³-hybridized carbons (Fsp3) is 0.250. The first kappa shape index (κ1) is 19.0. The van der Waals surface area contributed by atoms with E-state index in [1.165, 1.54) is 5.56 Å². The van der Waals surface area contributed by atoms with E-state index in [1.807, 2.05) is 49.4 Å². The second-order valence-corrected chi connectivity index (χ2v) is 7.41. The Kier molecular flexibility index (Phi) is 5.21. The molecule has 0 aliphatic rings. The molecular formula is C24H26N4O. The van der Waals surface area contributed by atoms with Gasteiger partial charge in [-0.25, -0.2) is 4.98 Å². The van der Waals surface area contributed by atoms with E-state index in [0.29, 0.717) is 13.0 Å². The summed E-state index contributed by atoms with van der Waals surface area (Å²) in [5.74, 6) is 1.61. The van der Waals surface area contributed by atoms with Crippen molar-refractivity contribution in [2.75, 3.05) is 5.32 Å². The predicted molar refractivity (Wildman–Crippen MR) is 118 cm³/mol. The van der Waals surface area contributed by atoms with Gasteiger partial charge in [0, 0.05) is 18.7 Å². The number of hydrogen-bond acceptors (Lipinski definition) is 2. The molecule has 0 atom stereocenters. The van der Waals surface area contributed by atoms with Crippen LogP contribution in [-0.4, -0.2) is 20.4 Å². The molecule has 0 saturated carbocycles. The smallest absolute Gasteiger partial charge is 0.225 e. The summed E-state index contributed by atoms with van der Waals surface area (Å²) < 4.78 is 2.18. The van der Waals surface area contributed by atoms with E-state index >= 15 is 0 Å². The molecule has 2 heterocycles. The van der Waals surface area contributed by atoms with Gasteiger partial charge in [0.05, 0.1) is 16.6 Å². The quantitative estimate of drug-likeness (QED) is 0.464. The molecule has 2 aromatic carbocycles. The van der Waals surface area contributed by atoms with Gasteiger partial charge in [-0.2, -0.15) is 0 Å². The molecule has 1 amide bonds. The van der Waals surface area contributed by atoms with Crippen molar-refractivity contribution < 1.29 is 4.79 Å². The molecular weight excluding hydrogens is 360 g/mol. The van der Waals surface area contributed by atoms with Gasteiger partial charge in [0.1, 0.15) is 11.6 Å². The van der Waals surface area contributed by atoms with Crippen molar-refractivity contribution in [3.8, 4) is 11.4 Å². The van der Waals surface area contributed by atoms with Gasteiger partial charge < -0.3 is 14.9 Å². The number of carbonyl (C=O) groups excluding carboxylic acids is 1. The SMILES string of the molecule is CCCC(=O)Nc1c(-c2nc3ccccc3[nH]2)c(C)c(C)n1Cc1ccccc1. The zero-order valence-electron chi connectivity index (χ0n) is 17.1. The highest BCUT2D eigenvalue weighted by Crippen LogP contribution is 2.36. The van der Waals surface area contributed by atoms with Gasteiger partial charge in [0.2, 0.25) is 5.91 Å². The average Bonchev–Trinajstić information content (AvgIpc) is 3.24. The molecule has 0 aliphatic heterocycles. The number of benzene rings is 2. The fourth-order valence-electron chi connectivity index (χ4n) is 3.74. The van der Waals surface area contributed by atoms with E-state index in [0.717, 1.165) is 45.9 Å². The molecule has 0 aliphatic carbocycles. The minimum Gasteiger partial charge on any atom is -0.338 e. The summed E-state index contributed by atoms with van der Waals surface area (Å²) in [6.45, 7) is 6.89. The molecule has 29 heavy (non-hydrogen) atoms. The lowest BCUT2D eigenvalue weighted by Crippen LogP contribution is -2.16. The number of carbonyl (C=O) groups is 1. The van der Waals surface area contributed by atoms with Crippen LogP contribution in [0, 0.1) is 13.8 Å². The Balaban J connectivity index is 1.86. The molecule has 2 N–H and O–H groups in total. The lowest BCUT2D eigenvalue weighted by atomic mass is 10.1. The number of hydrogen-bond donors (Lipinski definition) is 2. The summed E-state index contributed by atoms with van der Waals surface area (Å²) in [4.78, 5) is 20.8.